The van der Waals surface area contributed by atoms with E-state index in [1.165, 1.54) is 25.3 Å². The molecule has 0 radical (unpaired) electrons. The van der Waals surface area contributed by atoms with E-state index in [0.717, 1.165) is 13.1 Å². The first-order chi connectivity index (χ1) is 7.06. The Morgan fingerprint density at radius 1 is 1.13 bits per heavy atom. The molecule has 0 bridgehead atoms. The van der Waals surface area contributed by atoms with Gasteiger partial charge in [-0.3, -0.25) is 0 Å². The van der Waals surface area contributed by atoms with E-state index >= 15 is 0 Å². The second-order valence-corrected chi connectivity index (χ2v) is 10.1. The van der Waals surface area contributed by atoms with Gasteiger partial charge < -0.3 is 4.57 Å². The van der Waals surface area contributed by atoms with Crippen molar-refractivity contribution >= 4 is 18.6 Å². The van der Waals surface area contributed by atoms with E-state index in [1.54, 1.807) is 0 Å². The summed E-state index contributed by atoms with van der Waals surface area (Å²) in [6.07, 6.45) is 3.77. The molecule has 0 aliphatic heterocycles. The Morgan fingerprint density at radius 2 is 1.67 bits per heavy atom. The van der Waals surface area contributed by atoms with Crippen molar-refractivity contribution in [2.45, 2.75) is 65.5 Å². The van der Waals surface area contributed by atoms with Crippen molar-refractivity contribution in [1.29, 1.82) is 0 Å². The zero-order valence-electron chi connectivity index (χ0n) is 11.1. The minimum absolute atomic E-state index is 0.700. The van der Waals surface area contributed by atoms with Gasteiger partial charge in [-0.05, 0) is 24.7 Å². The van der Waals surface area contributed by atoms with Crippen molar-refractivity contribution in [3.05, 3.63) is 0 Å². The van der Waals surface area contributed by atoms with Crippen LogP contribution in [0.1, 0.15) is 53.9 Å². The van der Waals surface area contributed by atoms with E-state index in [4.69, 9.17) is 11.1 Å². The lowest BCUT2D eigenvalue weighted by Gasteiger charge is -2.40. The van der Waals surface area contributed by atoms with Gasteiger partial charge in [-0.1, -0.05) is 53.9 Å². The molecular weight excluding hydrogens is 222 g/mol. The second kappa shape index (κ2) is 7.69. The van der Waals surface area contributed by atoms with Crippen LogP contribution < -0.4 is 0 Å². The molecule has 0 amide bonds. The monoisotopic (exact) mass is 249 g/mol. The molecule has 3 heteroatoms. The summed E-state index contributed by atoms with van der Waals surface area (Å²) in [5, 5.41) is 0. The van der Waals surface area contributed by atoms with E-state index in [2.05, 4.69) is 39.2 Å². The Bertz CT molecular complexity index is 162. The van der Waals surface area contributed by atoms with Gasteiger partial charge in [0.2, 0.25) is 7.55 Å². The number of hydrogen-bond donors (Lipinski definition) is 0. The van der Waals surface area contributed by atoms with Gasteiger partial charge >= 0.3 is 0 Å². The normalized spacial score (nSPS) is 17.8. The SMILES string of the molecule is CCCC[Si](Cl)(C(C)CC)N(CC)CC. The molecule has 0 aromatic rings. The maximum atomic E-state index is 7.00. The number of halogens is 1. The lowest BCUT2D eigenvalue weighted by Crippen LogP contribution is -2.51. The van der Waals surface area contributed by atoms with Gasteiger partial charge in [0.25, 0.3) is 0 Å². The second-order valence-electron chi connectivity index (χ2n) is 4.40. The van der Waals surface area contributed by atoms with Crippen molar-refractivity contribution < 1.29 is 0 Å². The first-order valence-corrected chi connectivity index (χ1v) is 9.74. The molecule has 1 nitrogen and oxygen atoms in total. The number of rotatable bonds is 8. The smallest absolute Gasteiger partial charge is 0.231 e. The van der Waals surface area contributed by atoms with Gasteiger partial charge in [-0.15, -0.1) is 11.1 Å². The van der Waals surface area contributed by atoms with Crippen LogP contribution in [0.4, 0.5) is 0 Å². The topological polar surface area (TPSA) is 3.24 Å². The Labute approximate surface area is 102 Å². The first-order valence-electron chi connectivity index (χ1n) is 6.50. The van der Waals surface area contributed by atoms with Gasteiger partial charge in [-0.25, -0.2) is 0 Å². The molecule has 0 aromatic heterocycles. The summed E-state index contributed by atoms with van der Waals surface area (Å²) in [6, 6.07) is 1.25. The number of unbranched alkanes of at least 4 members (excludes halogenated alkanes) is 1. The van der Waals surface area contributed by atoms with Crippen LogP contribution >= 0.6 is 11.1 Å². The summed E-state index contributed by atoms with van der Waals surface area (Å²) in [4.78, 5) is 0. The highest BCUT2D eigenvalue weighted by atomic mass is 35.6. The molecule has 0 spiro atoms. The van der Waals surface area contributed by atoms with Gasteiger partial charge in [-0.2, -0.15) is 0 Å². The summed E-state index contributed by atoms with van der Waals surface area (Å²) in [5.41, 5.74) is 0.700. The van der Waals surface area contributed by atoms with E-state index in [9.17, 15) is 0 Å². The van der Waals surface area contributed by atoms with E-state index in [-0.39, 0.29) is 0 Å². The summed E-state index contributed by atoms with van der Waals surface area (Å²) < 4.78 is 2.55. The molecule has 2 atom stereocenters. The minimum atomic E-state index is -1.70. The zero-order chi connectivity index (χ0) is 11.9. The maximum Gasteiger partial charge on any atom is 0.231 e. The van der Waals surface area contributed by atoms with Crippen LogP contribution in [-0.4, -0.2) is 25.2 Å². The van der Waals surface area contributed by atoms with Gasteiger partial charge in [0.05, 0.1) is 0 Å². The maximum absolute atomic E-state index is 7.00. The third kappa shape index (κ3) is 4.08. The van der Waals surface area contributed by atoms with Crippen molar-refractivity contribution in [2.24, 2.45) is 0 Å². The zero-order valence-corrected chi connectivity index (χ0v) is 12.9. The summed E-state index contributed by atoms with van der Waals surface area (Å²) >= 11 is 7.00. The van der Waals surface area contributed by atoms with Gasteiger partial charge in [0.15, 0.2) is 0 Å². The van der Waals surface area contributed by atoms with E-state index in [0.29, 0.717) is 5.54 Å². The average molecular weight is 250 g/mol. The molecule has 0 aliphatic carbocycles. The molecule has 92 valence electrons. The highest BCUT2D eigenvalue weighted by Gasteiger charge is 2.40. The molecule has 2 unspecified atom stereocenters. The van der Waals surface area contributed by atoms with Crippen molar-refractivity contribution in [3.63, 3.8) is 0 Å². The molecule has 0 rings (SSSR count). The predicted octanol–water partition coefficient (Wildman–Crippen LogP) is 4.61. The van der Waals surface area contributed by atoms with Crippen molar-refractivity contribution in [2.75, 3.05) is 13.1 Å². The van der Waals surface area contributed by atoms with Crippen molar-refractivity contribution in [1.82, 2.24) is 4.57 Å². The molecule has 0 saturated carbocycles. The highest BCUT2D eigenvalue weighted by Crippen LogP contribution is 2.36. The summed E-state index contributed by atoms with van der Waals surface area (Å²) in [6.45, 7) is 13.6. The minimum Gasteiger partial charge on any atom is -0.312 e. The molecule has 0 heterocycles. The van der Waals surface area contributed by atoms with E-state index in [1.807, 2.05) is 0 Å². The fourth-order valence-corrected chi connectivity index (χ4v) is 7.74. The quantitative estimate of drug-likeness (QED) is 0.449. The van der Waals surface area contributed by atoms with Crippen LogP contribution in [0.3, 0.4) is 0 Å². The molecule has 15 heavy (non-hydrogen) atoms. The third-order valence-corrected chi connectivity index (χ3v) is 10.6. The molecule has 0 aromatic carbocycles. The number of nitrogens with zero attached hydrogens (tertiary/aromatic N) is 1. The number of hydrogen-bond acceptors (Lipinski definition) is 1. The fourth-order valence-electron chi connectivity index (χ4n) is 2.20. The lowest BCUT2D eigenvalue weighted by molar-refractivity contribution is 0.455. The van der Waals surface area contributed by atoms with Crippen LogP contribution in [0.25, 0.3) is 0 Å². The van der Waals surface area contributed by atoms with E-state index < -0.39 is 7.55 Å². The summed E-state index contributed by atoms with van der Waals surface area (Å²) in [5.74, 6) is 0. The lowest BCUT2D eigenvalue weighted by atomic mass is 10.4. The highest BCUT2D eigenvalue weighted by molar-refractivity contribution is 7.19. The third-order valence-electron chi connectivity index (χ3n) is 3.54. The standard InChI is InChI=1S/C12H28ClNSi/c1-6-10-11-15(13,12(5)7-2)14(8-3)9-4/h12H,6-11H2,1-5H3. The fraction of sp³-hybridized carbons (Fsp3) is 1.00. The molecule has 0 saturated heterocycles. The summed E-state index contributed by atoms with van der Waals surface area (Å²) in [7, 11) is -1.70. The average Bonchev–Trinajstić information content (AvgIpc) is 2.26. The van der Waals surface area contributed by atoms with Gasteiger partial charge in [0.1, 0.15) is 0 Å². The first kappa shape index (κ1) is 15.5. The Morgan fingerprint density at radius 3 is 2.00 bits per heavy atom. The van der Waals surface area contributed by atoms with Crippen molar-refractivity contribution in [3.8, 4) is 0 Å². The van der Waals surface area contributed by atoms with Crippen LogP contribution in [0.2, 0.25) is 11.6 Å². The van der Waals surface area contributed by atoms with Crippen LogP contribution in [0.15, 0.2) is 0 Å². The van der Waals surface area contributed by atoms with Gasteiger partial charge in [0, 0.05) is 0 Å². The molecule has 0 N–H and O–H groups in total. The Hall–Kier alpha value is 0.467. The Balaban J connectivity index is 4.65. The molecule has 0 aliphatic rings. The molecular formula is C12H28ClNSi. The predicted molar refractivity (Wildman–Crippen MR) is 74.0 cm³/mol. The van der Waals surface area contributed by atoms with Crippen LogP contribution in [-0.2, 0) is 0 Å². The molecule has 0 fully saturated rings. The largest absolute Gasteiger partial charge is 0.312 e. The van der Waals surface area contributed by atoms with Crippen LogP contribution in [0.5, 0.6) is 0 Å². The van der Waals surface area contributed by atoms with Crippen LogP contribution in [0, 0.1) is 0 Å². The Kier molecular flexibility index (Phi) is 7.93.